The van der Waals surface area contributed by atoms with Gasteiger partial charge in [0.25, 0.3) is 0 Å². The Labute approximate surface area is 239 Å². The molecule has 0 bridgehead atoms. The van der Waals surface area contributed by atoms with Crippen LogP contribution in [0, 0.1) is 5.92 Å². The van der Waals surface area contributed by atoms with Crippen molar-refractivity contribution in [2.45, 2.75) is 76.5 Å². The molecule has 5 atom stereocenters. The average Bonchev–Trinajstić information content (AvgIpc) is 3.60. The van der Waals surface area contributed by atoms with Crippen LogP contribution in [-0.2, 0) is 25.6 Å². The molecule has 1 aliphatic heterocycles. The Kier molecular flexibility index (Phi) is 11.1. The Bertz CT molecular complexity index is 1260. The molecule has 1 saturated heterocycles. The van der Waals surface area contributed by atoms with Gasteiger partial charge in [-0.1, -0.05) is 38.5 Å². The first-order valence-corrected chi connectivity index (χ1v) is 14.0. The van der Waals surface area contributed by atoms with Crippen molar-refractivity contribution in [3.63, 3.8) is 0 Å². The minimum atomic E-state index is -1.08. The Hall–Kier alpha value is -4.13. The fraction of sp³-hybridized carbons (Fsp3) is 0.536. The highest BCUT2D eigenvalue weighted by molar-refractivity contribution is 5.95. The first-order valence-electron chi connectivity index (χ1n) is 14.0. The number of carboxylic acids is 1. The molecular formula is C28H42N8O5. The number of carbonyl (C=O) groups excluding carboxylic acids is 3. The van der Waals surface area contributed by atoms with Crippen LogP contribution in [0.15, 0.2) is 35.5 Å². The van der Waals surface area contributed by atoms with Crippen molar-refractivity contribution in [1.29, 1.82) is 0 Å². The number of aromatic amines is 1. The van der Waals surface area contributed by atoms with Crippen LogP contribution in [0.1, 0.15) is 51.5 Å². The topological polar surface area (TPSA) is 222 Å². The van der Waals surface area contributed by atoms with Gasteiger partial charge in [-0.05, 0) is 43.2 Å². The lowest BCUT2D eigenvalue weighted by atomic mass is 9.96. The minimum Gasteiger partial charge on any atom is -0.480 e. The molecular weight excluding hydrogens is 528 g/mol. The van der Waals surface area contributed by atoms with E-state index in [1.807, 2.05) is 38.1 Å². The van der Waals surface area contributed by atoms with E-state index in [1.54, 1.807) is 6.20 Å². The number of aliphatic imine (C=N–C) groups is 1. The molecule has 0 saturated carbocycles. The lowest BCUT2D eigenvalue weighted by Gasteiger charge is -2.30. The van der Waals surface area contributed by atoms with Crippen molar-refractivity contribution in [3.8, 4) is 0 Å². The molecule has 3 rings (SSSR count). The molecule has 0 aliphatic carbocycles. The average molecular weight is 571 g/mol. The van der Waals surface area contributed by atoms with E-state index in [2.05, 4.69) is 20.6 Å². The first-order chi connectivity index (χ1) is 19.5. The van der Waals surface area contributed by atoms with Gasteiger partial charge in [0.15, 0.2) is 5.96 Å². The van der Waals surface area contributed by atoms with Crippen molar-refractivity contribution in [2.24, 2.45) is 28.1 Å². The summed E-state index contributed by atoms with van der Waals surface area (Å²) in [6.07, 6.45) is 4.20. The number of likely N-dealkylation sites (tertiary alicyclic amines) is 1. The van der Waals surface area contributed by atoms with E-state index in [0.29, 0.717) is 38.6 Å². The number of fused-ring (bicyclic) bond motifs is 1. The van der Waals surface area contributed by atoms with Crippen LogP contribution >= 0.6 is 0 Å². The lowest BCUT2D eigenvalue weighted by Crippen LogP contribution is -2.59. The number of aliphatic carboxylic acids is 1. The van der Waals surface area contributed by atoms with Crippen LogP contribution in [0.25, 0.3) is 10.9 Å². The molecule has 1 aromatic carbocycles. The molecule has 0 spiro atoms. The van der Waals surface area contributed by atoms with Crippen molar-refractivity contribution < 1.29 is 24.3 Å². The fourth-order valence-corrected chi connectivity index (χ4v) is 5.08. The largest absolute Gasteiger partial charge is 0.480 e. The second-order valence-electron chi connectivity index (χ2n) is 10.6. The molecule has 5 unspecified atom stereocenters. The van der Waals surface area contributed by atoms with Gasteiger partial charge >= 0.3 is 5.97 Å². The van der Waals surface area contributed by atoms with Crippen LogP contribution in [0.4, 0.5) is 0 Å². The summed E-state index contributed by atoms with van der Waals surface area (Å²) >= 11 is 0. The fourth-order valence-electron chi connectivity index (χ4n) is 5.08. The monoisotopic (exact) mass is 570 g/mol. The Morgan fingerprint density at radius 3 is 2.59 bits per heavy atom. The molecule has 2 aromatic rings. The summed E-state index contributed by atoms with van der Waals surface area (Å²) in [5.41, 5.74) is 18.4. The van der Waals surface area contributed by atoms with E-state index >= 15 is 0 Å². The highest BCUT2D eigenvalue weighted by Gasteiger charge is 2.39. The standard InChI is InChI=1S/C28H42N8O5/c1-3-16(2)23(35-24(37)19(29)9-6-12-32-28(30)31)25(38)34-21(26(39)36-13-7-11-22(36)27(40)41)14-17-15-33-20-10-5-4-8-18(17)20/h4-5,8,10,15-16,19,21-23,33H,3,6-7,9,11-14,29H2,1-2H3,(H,34,38)(H,35,37)(H,40,41)(H4,30,31,32). The molecule has 3 amide bonds. The maximum absolute atomic E-state index is 13.7. The summed E-state index contributed by atoms with van der Waals surface area (Å²) in [5, 5.41) is 16.2. The Balaban J connectivity index is 1.81. The third-order valence-corrected chi connectivity index (χ3v) is 7.63. The van der Waals surface area contributed by atoms with E-state index in [-0.39, 0.29) is 24.8 Å². The Morgan fingerprint density at radius 1 is 1.17 bits per heavy atom. The van der Waals surface area contributed by atoms with Gasteiger partial charge in [-0.25, -0.2) is 4.79 Å². The number of H-pyrrole nitrogens is 1. The van der Waals surface area contributed by atoms with Crippen molar-refractivity contribution in [1.82, 2.24) is 20.5 Å². The summed E-state index contributed by atoms with van der Waals surface area (Å²) in [6.45, 7) is 4.33. The molecule has 0 radical (unpaired) electrons. The van der Waals surface area contributed by atoms with Crippen molar-refractivity contribution in [2.75, 3.05) is 13.1 Å². The number of guanidine groups is 1. The summed E-state index contributed by atoms with van der Waals surface area (Å²) in [4.78, 5) is 60.5. The summed E-state index contributed by atoms with van der Waals surface area (Å²) in [6, 6.07) is 3.76. The smallest absolute Gasteiger partial charge is 0.326 e. The quantitative estimate of drug-likeness (QED) is 0.0940. The molecule has 1 aromatic heterocycles. The summed E-state index contributed by atoms with van der Waals surface area (Å²) in [7, 11) is 0. The number of nitrogens with two attached hydrogens (primary N) is 3. The number of para-hydroxylation sites is 1. The van der Waals surface area contributed by atoms with Gasteiger partial charge in [0.2, 0.25) is 17.7 Å². The molecule has 13 nitrogen and oxygen atoms in total. The number of benzene rings is 1. The van der Waals surface area contributed by atoms with Crippen LogP contribution < -0.4 is 27.8 Å². The number of nitrogens with one attached hydrogen (secondary N) is 3. The van der Waals surface area contributed by atoms with E-state index < -0.39 is 47.9 Å². The molecule has 1 fully saturated rings. The van der Waals surface area contributed by atoms with Gasteiger partial charge in [-0.15, -0.1) is 0 Å². The summed E-state index contributed by atoms with van der Waals surface area (Å²) < 4.78 is 0. The number of amides is 3. The number of hydrogen-bond donors (Lipinski definition) is 7. The van der Waals surface area contributed by atoms with Crippen LogP contribution in [0.3, 0.4) is 0 Å². The first kappa shape index (κ1) is 31.4. The van der Waals surface area contributed by atoms with Gasteiger partial charge in [0.05, 0.1) is 6.04 Å². The van der Waals surface area contributed by atoms with Crippen molar-refractivity contribution >= 4 is 40.6 Å². The van der Waals surface area contributed by atoms with Crippen LogP contribution in [0.5, 0.6) is 0 Å². The van der Waals surface area contributed by atoms with Crippen LogP contribution in [0.2, 0.25) is 0 Å². The zero-order valence-corrected chi connectivity index (χ0v) is 23.6. The third kappa shape index (κ3) is 8.19. The Morgan fingerprint density at radius 2 is 1.90 bits per heavy atom. The van der Waals surface area contributed by atoms with E-state index in [4.69, 9.17) is 17.2 Å². The molecule has 224 valence electrons. The van der Waals surface area contributed by atoms with Gasteiger partial charge in [-0.2, -0.15) is 0 Å². The molecule has 1 aliphatic rings. The minimum absolute atomic E-state index is 0.0446. The SMILES string of the molecule is CCC(C)C(NC(=O)C(N)CCCN=C(N)N)C(=O)NC(Cc1c[nH]c2ccccc12)C(=O)N1CCCC1C(=O)O. The number of carbonyl (C=O) groups is 4. The zero-order chi connectivity index (χ0) is 30.1. The number of hydrogen-bond acceptors (Lipinski definition) is 6. The van der Waals surface area contributed by atoms with Gasteiger partial charge in [0.1, 0.15) is 18.1 Å². The maximum Gasteiger partial charge on any atom is 0.326 e. The lowest BCUT2D eigenvalue weighted by molar-refractivity contribution is -0.149. The van der Waals surface area contributed by atoms with E-state index in [9.17, 15) is 24.3 Å². The highest BCUT2D eigenvalue weighted by atomic mass is 16.4. The van der Waals surface area contributed by atoms with Gasteiger partial charge in [-0.3, -0.25) is 19.4 Å². The third-order valence-electron chi connectivity index (χ3n) is 7.63. The highest BCUT2D eigenvalue weighted by Crippen LogP contribution is 2.23. The number of nitrogens with zero attached hydrogens (tertiary/aromatic N) is 2. The number of aromatic nitrogens is 1. The summed E-state index contributed by atoms with van der Waals surface area (Å²) in [5.74, 6) is -2.90. The second-order valence-corrected chi connectivity index (χ2v) is 10.6. The van der Waals surface area contributed by atoms with Crippen LogP contribution in [-0.4, -0.2) is 81.9 Å². The van der Waals surface area contributed by atoms with Crippen molar-refractivity contribution in [3.05, 3.63) is 36.0 Å². The predicted molar refractivity (Wildman–Crippen MR) is 156 cm³/mol. The number of rotatable bonds is 14. The van der Waals surface area contributed by atoms with Gasteiger partial charge < -0.3 is 42.8 Å². The zero-order valence-electron chi connectivity index (χ0n) is 23.6. The van der Waals surface area contributed by atoms with E-state index in [0.717, 1.165) is 16.5 Å². The van der Waals surface area contributed by atoms with E-state index in [1.165, 1.54) is 4.90 Å². The predicted octanol–water partition coefficient (Wildman–Crippen LogP) is 0.183. The molecule has 2 heterocycles. The molecule has 10 N–H and O–H groups in total. The number of carboxylic acid groups (broad SMARTS) is 1. The molecule has 13 heteroatoms. The maximum atomic E-state index is 13.7. The normalized spacial score (nSPS) is 17.8. The molecule has 41 heavy (non-hydrogen) atoms. The van der Waals surface area contributed by atoms with Gasteiger partial charge in [0, 0.05) is 36.6 Å². The second kappa shape index (κ2) is 14.5.